The number of benzene rings is 1. The first kappa shape index (κ1) is 21.0. The Balaban J connectivity index is 1.73. The second-order valence-corrected chi connectivity index (χ2v) is 9.71. The van der Waals surface area contributed by atoms with Gasteiger partial charge < -0.3 is 4.57 Å². The summed E-state index contributed by atoms with van der Waals surface area (Å²) in [5.41, 5.74) is 2.67. The maximum Gasteiger partial charge on any atom is 0.209 e. The zero-order valence-electron chi connectivity index (χ0n) is 17.2. The summed E-state index contributed by atoms with van der Waals surface area (Å²) in [5, 5.41) is 8.71. The minimum absolute atomic E-state index is 0.0828. The van der Waals surface area contributed by atoms with Crippen molar-refractivity contribution in [1.82, 2.24) is 24.4 Å². The third-order valence-electron chi connectivity index (χ3n) is 5.27. The highest BCUT2D eigenvalue weighted by Crippen LogP contribution is 2.23. The van der Waals surface area contributed by atoms with Gasteiger partial charge in [0.15, 0.2) is 5.82 Å². The van der Waals surface area contributed by atoms with Crippen LogP contribution >= 0.6 is 0 Å². The first-order valence-electron chi connectivity index (χ1n) is 9.96. The molecule has 0 aliphatic carbocycles. The standard InChI is InChI=1S/C20H31N5O2S/c1-5-16-6-8-17(9-7-16)14-24-11-10-18-21-22-20(25(18)13-12-24)19(15(2)3)23-28(4,26)27/h6-9,15,19,23H,5,10-14H2,1-4H3/t19-/m1/s1. The minimum atomic E-state index is -3.33. The SMILES string of the molecule is CCc1ccc(CN2CCc3nnc([C@H](NS(C)(=O)=O)C(C)C)n3CC2)cc1. The molecule has 2 heterocycles. The molecule has 1 aromatic heterocycles. The quantitative estimate of drug-likeness (QED) is 0.763. The summed E-state index contributed by atoms with van der Waals surface area (Å²) < 4.78 is 28.4. The molecule has 0 amide bonds. The van der Waals surface area contributed by atoms with Gasteiger partial charge in [-0.25, -0.2) is 13.1 Å². The van der Waals surface area contributed by atoms with Crippen LogP contribution in [0.4, 0.5) is 0 Å². The maximum absolute atomic E-state index is 11.8. The van der Waals surface area contributed by atoms with E-state index < -0.39 is 10.0 Å². The third kappa shape index (κ3) is 5.18. The Labute approximate surface area is 168 Å². The summed E-state index contributed by atoms with van der Waals surface area (Å²) in [6.07, 6.45) is 3.05. The molecule has 0 radical (unpaired) electrons. The van der Waals surface area contributed by atoms with Crippen LogP contribution in [0.25, 0.3) is 0 Å². The topological polar surface area (TPSA) is 80.1 Å². The van der Waals surface area contributed by atoms with Gasteiger partial charge in [0.05, 0.1) is 12.3 Å². The molecule has 1 N–H and O–H groups in total. The van der Waals surface area contributed by atoms with Crippen LogP contribution in [0.2, 0.25) is 0 Å². The van der Waals surface area contributed by atoms with E-state index in [0.29, 0.717) is 5.82 Å². The zero-order valence-corrected chi connectivity index (χ0v) is 18.0. The minimum Gasteiger partial charge on any atom is -0.312 e. The van der Waals surface area contributed by atoms with Crippen molar-refractivity contribution in [3.63, 3.8) is 0 Å². The molecule has 2 aromatic rings. The Morgan fingerprint density at radius 2 is 1.75 bits per heavy atom. The van der Waals surface area contributed by atoms with Crippen molar-refractivity contribution in [3.8, 4) is 0 Å². The largest absolute Gasteiger partial charge is 0.312 e. The van der Waals surface area contributed by atoms with Gasteiger partial charge in [-0.15, -0.1) is 10.2 Å². The maximum atomic E-state index is 11.8. The van der Waals surface area contributed by atoms with Crippen molar-refractivity contribution in [1.29, 1.82) is 0 Å². The molecule has 154 valence electrons. The molecule has 1 aromatic carbocycles. The number of hydrogen-bond donors (Lipinski definition) is 1. The van der Waals surface area contributed by atoms with Crippen LogP contribution in [0, 0.1) is 5.92 Å². The number of aromatic nitrogens is 3. The summed E-state index contributed by atoms with van der Waals surface area (Å²) in [6.45, 7) is 9.63. The Morgan fingerprint density at radius 3 is 2.36 bits per heavy atom. The van der Waals surface area contributed by atoms with Gasteiger partial charge in [0.2, 0.25) is 10.0 Å². The molecule has 0 spiro atoms. The number of nitrogens with one attached hydrogen (secondary N) is 1. The number of aryl methyl sites for hydroxylation is 1. The van der Waals surface area contributed by atoms with Crippen LogP contribution in [-0.4, -0.2) is 47.4 Å². The fourth-order valence-electron chi connectivity index (χ4n) is 3.63. The molecular weight excluding hydrogens is 374 g/mol. The van der Waals surface area contributed by atoms with E-state index in [2.05, 4.69) is 55.6 Å². The summed E-state index contributed by atoms with van der Waals surface area (Å²) in [5.74, 6) is 1.73. The third-order valence-corrected chi connectivity index (χ3v) is 5.95. The highest BCUT2D eigenvalue weighted by molar-refractivity contribution is 7.88. The van der Waals surface area contributed by atoms with Gasteiger partial charge in [-0.3, -0.25) is 4.90 Å². The van der Waals surface area contributed by atoms with E-state index in [9.17, 15) is 8.42 Å². The van der Waals surface area contributed by atoms with E-state index in [4.69, 9.17) is 0 Å². The van der Waals surface area contributed by atoms with Gasteiger partial charge in [-0.1, -0.05) is 45.0 Å². The number of hydrogen-bond acceptors (Lipinski definition) is 5. The predicted octanol–water partition coefficient (Wildman–Crippen LogP) is 2.15. The Morgan fingerprint density at radius 1 is 1.07 bits per heavy atom. The van der Waals surface area contributed by atoms with Crippen molar-refractivity contribution in [2.75, 3.05) is 19.3 Å². The molecule has 0 fully saturated rings. The lowest BCUT2D eigenvalue weighted by atomic mass is 10.1. The first-order chi connectivity index (χ1) is 13.3. The molecule has 0 saturated heterocycles. The highest BCUT2D eigenvalue weighted by Gasteiger charge is 2.28. The van der Waals surface area contributed by atoms with Crippen LogP contribution in [0.1, 0.15) is 49.6 Å². The van der Waals surface area contributed by atoms with Crippen LogP contribution < -0.4 is 4.72 Å². The van der Waals surface area contributed by atoms with E-state index in [1.165, 1.54) is 17.4 Å². The van der Waals surface area contributed by atoms with Gasteiger partial charge >= 0.3 is 0 Å². The van der Waals surface area contributed by atoms with Gasteiger partial charge in [0, 0.05) is 32.6 Å². The number of fused-ring (bicyclic) bond motifs is 1. The van der Waals surface area contributed by atoms with Gasteiger partial charge in [-0.2, -0.15) is 0 Å². The van der Waals surface area contributed by atoms with Crippen LogP contribution in [0.3, 0.4) is 0 Å². The second-order valence-electron chi connectivity index (χ2n) is 7.93. The van der Waals surface area contributed by atoms with Crippen LogP contribution in [0.15, 0.2) is 24.3 Å². The molecule has 0 unspecified atom stereocenters. The van der Waals surface area contributed by atoms with Crippen molar-refractivity contribution in [3.05, 3.63) is 47.0 Å². The van der Waals surface area contributed by atoms with E-state index in [1.807, 2.05) is 13.8 Å². The second kappa shape index (κ2) is 8.71. The van der Waals surface area contributed by atoms with Gasteiger partial charge in [0.25, 0.3) is 0 Å². The number of sulfonamides is 1. The average Bonchev–Trinajstić information content (AvgIpc) is 2.93. The molecule has 0 bridgehead atoms. The fraction of sp³-hybridized carbons (Fsp3) is 0.600. The Kier molecular flexibility index (Phi) is 6.52. The van der Waals surface area contributed by atoms with Crippen molar-refractivity contribution in [2.45, 2.75) is 52.7 Å². The lowest BCUT2D eigenvalue weighted by Crippen LogP contribution is -2.33. The van der Waals surface area contributed by atoms with Crippen LogP contribution in [0.5, 0.6) is 0 Å². The van der Waals surface area contributed by atoms with E-state index >= 15 is 0 Å². The van der Waals surface area contributed by atoms with Crippen molar-refractivity contribution < 1.29 is 8.42 Å². The summed E-state index contributed by atoms with van der Waals surface area (Å²) >= 11 is 0. The average molecular weight is 406 g/mol. The lowest BCUT2D eigenvalue weighted by molar-refractivity contribution is 0.269. The molecule has 1 atom stereocenters. The normalized spacial score (nSPS) is 16.8. The van der Waals surface area contributed by atoms with Crippen molar-refractivity contribution >= 4 is 10.0 Å². The molecular formula is C20H31N5O2S. The van der Waals surface area contributed by atoms with E-state index in [1.54, 1.807) is 0 Å². The smallest absolute Gasteiger partial charge is 0.209 e. The number of rotatable bonds is 7. The molecule has 1 aliphatic rings. The monoisotopic (exact) mass is 405 g/mol. The van der Waals surface area contributed by atoms with Gasteiger partial charge in [0.1, 0.15) is 5.82 Å². The van der Waals surface area contributed by atoms with Crippen molar-refractivity contribution in [2.24, 2.45) is 5.92 Å². The zero-order chi connectivity index (χ0) is 20.3. The summed E-state index contributed by atoms with van der Waals surface area (Å²) in [6, 6.07) is 8.44. The molecule has 28 heavy (non-hydrogen) atoms. The summed E-state index contributed by atoms with van der Waals surface area (Å²) in [7, 11) is -3.33. The summed E-state index contributed by atoms with van der Waals surface area (Å²) in [4.78, 5) is 2.42. The van der Waals surface area contributed by atoms with E-state index in [-0.39, 0.29) is 12.0 Å². The molecule has 3 rings (SSSR count). The lowest BCUT2D eigenvalue weighted by Gasteiger charge is -2.22. The van der Waals surface area contributed by atoms with E-state index in [0.717, 1.165) is 44.8 Å². The molecule has 7 nitrogen and oxygen atoms in total. The fourth-order valence-corrected chi connectivity index (χ4v) is 4.47. The Bertz CT molecular complexity index is 890. The number of nitrogens with zero attached hydrogens (tertiary/aromatic N) is 4. The molecule has 1 aliphatic heterocycles. The molecule has 0 saturated carbocycles. The van der Waals surface area contributed by atoms with Crippen LogP contribution in [-0.2, 0) is 36.0 Å². The Hall–Kier alpha value is -1.77. The predicted molar refractivity (Wildman–Crippen MR) is 110 cm³/mol. The highest BCUT2D eigenvalue weighted by atomic mass is 32.2. The first-order valence-corrected chi connectivity index (χ1v) is 11.9. The molecule has 8 heteroatoms. The van der Waals surface area contributed by atoms with Gasteiger partial charge in [-0.05, 0) is 23.5 Å².